The number of hydrogen-bond donors (Lipinski definition) is 2. The minimum atomic E-state index is 0.728. The van der Waals surface area contributed by atoms with Gasteiger partial charge in [0.15, 0.2) is 0 Å². The monoisotopic (exact) mass is 177 g/mol. The summed E-state index contributed by atoms with van der Waals surface area (Å²) < 4.78 is 0. The Hall–Kier alpha value is -1.48. The third-order valence-corrected chi connectivity index (χ3v) is 1.97. The Morgan fingerprint density at radius 3 is 2.15 bits per heavy atom. The Kier molecular flexibility index (Phi) is 2.93. The molecule has 3 nitrogen and oxygen atoms in total. The van der Waals surface area contributed by atoms with E-state index in [1.807, 2.05) is 44.2 Å². The summed E-state index contributed by atoms with van der Waals surface area (Å²) in [5.74, 6) is 5.83. The lowest BCUT2D eigenvalue weighted by Gasteiger charge is -2.20. The fraction of sp³-hybridized carbons (Fsp3) is 0.200. The molecule has 1 rings (SSSR count). The molecule has 0 fully saturated rings. The zero-order valence-corrected chi connectivity index (χ0v) is 7.99. The van der Waals surface area contributed by atoms with Crippen molar-refractivity contribution in [2.45, 2.75) is 13.8 Å². The third kappa shape index (κ3) is 2.23. The van der Waals surface area contributed by atoms with E-state index in [9.17, 15) is 0 Å². The van der Waals surface area contributed by atoms with Crippen molar-refractivity contribution >= 4 is 5.69 Å². The second-order valence-electron chi connectivity index (χ2n) is 2.97. The molecule has 0 aliphatic carbocycles. The van der Waals surface area contributed by atoms with Crippen LogP contribution in [0.1, 0.15) is 13.8 Å². The summed E-state index contributed by atoms with van der Waals surface area (Å²) in [6.07, 6.45) is 0. The molecular weight excluding hydrogens is 162 g/mol. The molecule has 1 aromatic carbocycles. The van der Waals surface area contributed by atoms with E-state index in [-0.39, 0.29) is 0 Å². The van der Waals surface area contributed by atoms with Crippen LogP contribution in [-0.4, -0.2) is 0 Å². The molecule has 0 aromatic heterocycles. The molecule has 0 aliphatic rings. The SMILES string of the molecule is C/C(N)=C(\C)N(N)c1ccccc1. The van der Waals surface area contributed by atoms with E-state index in [1.54, 1.807) is 5.01 Å². The quantitative estimate of drug-likeness (QED) is 0.532. The maximum atomic E-state index is 5.83. The molecule has 70 valence electrons. The Labute approximate surface area is 78.6 Å². The zero-order valence-electron chi connectivity index (χ0n) is 7.99. The van der Waals surface area contributed by atoms with Crippen LogP contribution in [0.2, 0.25) is 0 Å². The Morgan fingerprint density at radius 2 is 1.69 bits per heavy atom. The van der Waals surface area contributed by atoms with Gasteiger partial charge in [0.2, 0.25) is 0 Å². The van der Waals surface area contributed by atoms with Gasteiger partial charge >= 0.3 is 0 Å². The Morgan fingerprint density at radius 1 is 1.15 bits per heavy atom. The summed E-state index contributed by atoms with van der Waals surface area (Å²) in [6, 6.07) is 9.70. The Bertz CT molecular complexity index is 299. The van der Waals surface area contributed by atoms with Gasteiger partial charge in [0, 0.05) is 5.70 Å². The second kappa shape index (κ2) is 3.96. The predicted molar refractivity (Wildman–Crippen MR) is 55.7 cm³/mol. The summed E-state index contributed by atoms with van der Waals surface area (Å²) in [5, 5.41) is 1.58. The number of anilines is 1. The molecule has 1 aromatic rings. The average Bonchev–Trinajstić information content (AvgIpc) is 2.17. The van der Waals surface area contributed by atoms with Gasteiger partial charge in [-0.05, 0) is 26.0 Å². The number of para-hydroxylation sites is 1. The van der Waals surface area contributed by atoms with Crippen molar-refractivity contribution < 1.29 is 0 Å². The smallest absolute Gasteiger partial charge is 0.0572 e. The number of hydrogen-bond acceptors (Lipinski definition) is 3. The first-order valence-corrected chi connectivity index (χ1v) is 4.15. The van der Waals surface area contributed by atoms with Crippen LogP contribution in [-0.2, 0) is 0 Å². The van der Waals surface area contributed by atoms with Crippen molar-refractivity contribution in [1.29, 1.82) is 0 Å². The van der Waals surface area contributed by atoms with E-state index in [0.29, 0.717) is 0 Å². The highest BCUT2D eigenvalue weighted by atomic mass is 15.4. The largest absolute Gasteiger partial charge is 0.401 e. The van der Waals surface area contributed by atoms with Crippen molar-refractivity contribution in [3.05, 3.63) is 41.7 Å². The molecule has 0 bridgehead atoms. The fourth-order valence-corrected chi connectivity index (χ4v) is 0.972. The van der Waals surface area contributed by atoms with Gasteiger partial charge in [-0.3, -0.25) is 5.01 Å². The number of benzene rings is 1. The van der Waals surface area contributed by atoms with Gasteiger partial charge in [-0.15, -0.1) is 0 Å². The van der Waals surface area contributed by atoms with Crippen LogP contribution in [0.5, 0.6) is 0 Å². The van der Waals surface area contributed by atoms with Crippen molar-refractivity contribution in [2.24, 2.45) is 11.6 Å². The fourth-order valence-electron chi connectivity index (χ4n) is 0.972. The first-order valence-electron chi connectivity index (χ1n) is 4.15. The topological polar surface area (TPSA) is 55.3 Å². The summed E-state index contributed by atoms with van der Waals surface area (Å²) >= 11 is 0. The van der Waals surface area contributed by atoms with Crippen LogP contribution in [0, 0.1) is 0 Å². The van der Waals surface area contributed by atoms with Gasteiger partial charge in [0.05, 0.1) is 11.4 Å². The lowest BCUT2D eigenvalue weighted by atomic mass is 10.3. The number of hydrazine groups is 1. The molecule has 13 heavy (non-hydrogen) atoms. The molecule has 0 saturated carbocycles. The maximum absolute atomic E-state index is 5.83. The lowest BCUT2D eigenvalue weighted by Crippen LogP contribution is -2.30. The van der Waals surface area contributed by atoms with Crippen LogP contribution < -0.4 is 16.6 Å². The summed E-state index contributed by atoms with van der Waals surface area (Å²) in [6.45, 7) is 3.72. The first-order chi connectivity index (χ1) is 6.13. The van der Waals surface area contributed by atoms with Gasteiger partial charge in [-0.1, -0.05) is 18.2 Å². The summed E-state index contributed by atoms with van der Waals surface area (Å²) in [7, 11) is 0. The molecule has 0 spiro atoms. The minimum absolute atomic E-state index is 0.728. The summed E-state index contributed by atoms with van der Waals surface area (Å²) in [5.41, 5.74) is 8.16. The van der Waals surface area contributed by atoms with Crippen LogP contribution in [0.15, 0.2) is 41.7 Å². The van der Waals surface area contributed by atoms with Crippen molar-refractivity contribution in [2.75, 3.05) is 5.01 Å². The minimum Gasteiger partial charge on any atom is -0.401 e. The summed E-state index contributed by atoms with van der Waals surface area (Å²) in [4.78, 5) is 0. The molecule has 3 heteroatoms. The van der Waals surface area contributed by atoms with E-state index >= 15 is 0 Å². The zero-order chi connectivity index (χ0) is 9.84. The molecular formula is C10H15N3. The van der Waals surface area contributed by atoms with Gasteiger partial charge in [-0.25, -0.2) is 5.84 Å². The standard InChI is InChI=1S/C10H15N3/c1-8(11)9(2)13(12)10-6-4-3-5-7-10/h3-7H,11-12H2,1-2H3/b9-8-. The van der Waals surface area contributed by atoms with Crippen molar-refractivity contribution in [3.8, 4) is 0 Å². The van der Waals surface area contributed by atoms with Crippen LogP contribution in [0.4, 0.5) is 5.69 Å². The average molecular weight is 177 g/mol. The molecule has 0 radical (unpaired) electrons. The van der Waals surface area contributed by atoms with Crippen LogP contribution >= 0.6 is 0 Å². The lowest BCUT2D eigenvalue weighted by molar-refractivity contribution is 0.961. The van der Waals surface area contributed by atoms with E-state index in [4.69, 9.17) is 11.6 Å². The molecule has 4 N–H and O–H groups in total. The predicted octanol–water partition coefficient (Wildman–Crippen LogP) is 1.58. The number of allylic oxidation sites excluding steroid dienone is 2. The molecule has 0 heterocycles. The van der Waals surface area contributed by atoms with Crippen LogP contribution in [0.25, 0.3) is 0 Å². The van der Waals surface area contributed by atoms with Crippen molar-refractivity contribution in [3.63, 3.8) is 0 Å². The van der Waals surface area contributed by atoms with E-state index in [1.165, 1.54) is 0 Å². The molecule has 0 aliphatic heterocycles. The number of nitrogens with zero attached hydrogens (tertiary/aromatic N) is 1. The molecule has 0 unspecified atom stereocenters. The highest BCUT2D eigenvalue weighted by molar-refractivity contribution is 5.49. The normalized spacial score (nSPS) is 12.2. The first kappa shape index (κ1) is 9.61. The van der Waals surface area contributed by atoms with Crippen molar-refractivity contribution in [1.82, 2.24) is 0 Å². The van der Waals surface area contributed by atoms with E-state index < -0.39 is 0 Å². The van der Waals surface area contributed by atoms with Gasteiger partial charge < -0.3 is 5.73 Å². The van der Waals surface area contributed by atoms with Crippen LogP contribution in [0.3, 0.4) is 0 Å². The van der Waals surface area contributed by atoms with Gasteiger partial charge in [-0.2, -0.15) is 0 Å². The third-order valence-electron chi connectivity index (χ3n) is 1.97. The maximum Gasteiger partial charge on any atom is 0.0572 e. The molecule has 0 atom stereocenters. The second-order valence-corrected chi connectivity index (χ2v) is 2.97. The van der Waals surface area contributed by atoms with Gasteiger partial charge in [0.25, 0.3) is 0 Å². The van der Waals surface area contributed by atoms with E-state index in [2.05, 4.69) is 0 Å². The van der Waals surface area contributed by atoms with Gasteiger partial charge in [0.1, 0.15) is 0 Å². The number of rotatable bonds is 2. The molecule has 0 amide bonds. The highest BCUT2D eigenvalue weighted by Crippen LogP contribution is 2.14. The Balaban J connectivity index is 2.93. The number of nitrogens with two attached hydrogens (primary N) is 2. The van der Waals surface area contributed by atoms with E-state index in [0.717, 1.165) is 17.1 Å². The molecule has 0 saturated heterocycles. The highest BCUT2D eigenvalue weighted by Gasteiger charge is 2.03.